The molecule has 0 aromatic carbocycles. The van der Waals surface area contributed by atoms with Crippen molar-refractivity contribution in [2.75, 3.05) is 0 Å². The first-order valence-corrected chi connectivity index (χ1v) is 5.43. The van der Waals surface area contributed by atoms with Gasteiger partial charge in [0.2, 0.25) is 10.0 Å². The third-order valence-corrected chi connectivity index (χ3v) is 3.75. The van der Waals surface area contributed by atoms with Crippen LogP contribution in [0.4, 0.5) is 0 Å². The molecule has 0 radical (unpaired) electrons. The Morgan fingerprint density at radius 1 is 1.45 bits per heavy atom. The quantitative estimate of drug-likeness (QED) is 0.720. The van der Waals surface area contributed by atoms with Gasteiger partial charge in [-0.15, -0.1) is 11.3 Å². The fourth-order valence-electron chi connectivity index (χ4n) is 0.773. The molecule has 0 aliphatic rings. The summed E-state index contributed by atoms with van der Waals surface area (Å²) >= 11 is 1.40. The van der Waals surface area contributed by atoms with Crippen LogP contribution >= 0.6 is 11.3 Å². The van der Waals surface area contributed by atoms with Crippen molar-refractivity contribution >= 4 is 21.4 Å². The van der Waals surface area contributed by atoms with E-state index in [0.29, 0.717) is 0 Å². The number of aryl methyl sites for hydroxylation is 1. The normalized spacial score (nSPS) is 11.9. The Labute approximate surface area is 69.9 Å². The van der Waals surface area contributed by atoms with Gasteiger partial charge < -0.3 is 0 Å². The lowest BCUT2D eigenvalue weighted by atomic mass is 10.3. The minimum atomic E-state index is -3.50. The molecule has 0 aliphatic heterocycles. The lowest BCUT2D eigenvalue weighted by Crippen LogP contribution is -2.12. The molecular weight excluding hydrogens is 182 g/mol. The second-order valence-electron chi connectivity index (χ2n) is 2.33. The summed E-state index contributed by atoms with van der Waals surface area (Å²) in [4.78, 5) is 1.24. The zero-order valence-corrected chi connectivity index (χ0v) is 7.92. The Balaban J connectivity index is 3.38. The lowest BCUT2D eigenvalue weighted by Gasteiger charge is -1.94. The van der Waals surface area contributed by atoms with Gasteiger partial charge >= 0.3 is 0 Å². The first-order valence-electron chi connectivity index (χ1n) is 3.00. The summed E-state index contributed by atoms with van der Waals surface area (Å²) in [6.45, 7) is 3.63. The van der Waals surface area contributed by atoms with E-state index in [1.807, 2.05) is 6.92 Å². The van der Waals surface area contributed by atoms with Crippen LogP contribution in [-0.4, -0.2) is 8.42 Å². The number of hydrogen-bond acceptors (Lipinski definition) is 3. The molecule has 0 amide bonds. The van der Waals surface area contributed by atoms with E-state index in [9.17, 15) is 8.42 Å². The Hall–Kier alpha value is -0.390. The average Bonchev–Trinajstić information content (AvgIpc) is 2.11. The molecule has 0 fully saturated rings. The van der Waals surface area contributed by atoms with Crippen molar-refractivity contribution in [1.82, 2.24) is 0 Å². The molecule has 0 bridgehead atoms. The Morgan fingerprint density at radius 2 is 2.00 bits per heavy atom. The molecule has 1 rings (SSSR count). The van der Waals surface area contributed by atoms with E-state index in [4.69, 9.17) is 5.14 Å². The molecule has 0 spiro atoms. The summed E-state index contributed by atoms with van der Waals surface area (Å²) < 4.78 is 21.7. The van der Waals surface area contributed by atoms with Gasteiger partial charge in [-0.3, -0.25) is 0 Å². The number of hydrogen-bond donors (Lipinski definition) is 1. The molecule has 11 heavy (non-hydrogen) atoms. The smallest absolute Gasteiger partial charge is 0.225 e. The maximum absolute atomic E-state index is 10.9. The van der Waals surface area contributed by atoms with E-state index < -0.39 is 10.0 Å². The van der Waals surface area contributed by atoms with Gasteiger partial charge in [-0.1, -0.05) is 0 Å². The van der Waals surface area contributed by atoms with Crippen LogP contribution in [0.2, 0.25) is 0 Å². The molecule has 0 saturated carbocycles. The Bertz CT molecular complexity index is 364. The van der Waals surface area contributed by atoms with Gasteiger partial charge in [0, 0.05) is 10.3 Å². The third kappa shape index (κ3) is 1.61. The predicted molar refractivity (Wildman–Crippen MR) is 45.2 cm³/mol. The van der Waals surface area contributed by atoms with Crippen molar-refractivity contribution in [3.63, 3.8) is 0 Å². The Kier molecular flexibility index (Phi) is 2.04. The van der Waals surface area contributed by atoms with Crippen molar-refractivity contribution < 1.29 is 8.42 Å². The molecule has 1 heterocycles. The number of nitrogens with two attached hydrogens (primary N) is 1. The van der Waals surface area contributed by atoms with E-state index in [1.165, 1.54) is 11.3 Å². The second-order valence-corrected chi connectivity index (χ2v) is 4.94. The second kappa shape index (κ2) is 2.58. The molecule has 0 saturated heterocycles. The predicted octanol–water partition coefficient (Wildman–Crippen LogP) is 1.01. The largest absolute Gasteiger partial charge is 0.239 e. The molecule has 62 valence electrons. The summed E-state index contributed by atoms with van der Waals surface area (Å²) in [5.74, 6) is 0. The van der Waals surface area contributed by atoms with Crippen molar-refractivity contribution in [3.8, 4) is 0 Å². The van der Waals surface area contributed by atoms with Crippen LogP contribution in [0.3, 0.4) is 0 Å². The zero-order chi connectivity index (χ0) is 8.65. The highest BCUT2D eigenvalue weighted by atomic mass is 32.2. The van der Waals surface area contributed by atoms with Crippen molar-refractivity contribution in [2.24, 2.45) is 5.14 Å². The maximum atomic E-state index is 10.9. The monoisotopic (exact) mass is 191 g/mol. The highest BCUT2D eigenvalue weighted by Crippen LogP contribution is 2.23. The number of primary sulfonamides is 1. The minimum absolute atomic E-state index is 0.250. The topological polar surface area (TPSA) is 60.2 Å². The molecule has 1 aromatic rings. The molecule has 0 aliphatic carbocycles. The molecular formula is C6H9NO2S2. The van der Waals surface area contributed by atoms with Crippen LogP contribution in [0.1, 0.15) is 10.4 Å². The van der Waals surface area contributed by atoms with E-state index in [0.717, 1.165) is 10.4 Å². The van der Waals surface area contributed by atoms with Crippen molar-refractivity contribution in [2.45, 2.75) is 18.7 Å². The van der Waals surface area contributed by atoms with Crippen molar-refractivity contribution in [3.05, 3.63) is 15.8 Å². The SMILES string of the molecule is Cc1scc(S(N)(=O)=O)c1C. The van der Waals surface area contributed by atoms with Crippen LogP contribution in [0.5, 0.6) is 0 Å². The number of thiophene rings is 1. The molecule has 3 nitrogen and oxygen atoms in total. The summed E-state index contributed by atoms with van der Waals surface area (Å²) in [6.07, 6.45) is 0. The van der Waals surface area contributed by atoms with Crippen LogP contribution < -0.4 is 5.14 Å². The minimum Gasteiger partial charge on any atom is -0.225 e. The molecule has 0 atom stereocenters. The van der Waals surface area contributed by atoms with Crippen LogP contribution in [0.25, 0.3) is 0 Å². The molecule has 1 aromatic heterocycles. The van der Waals surface area contributed by atoms with Crippen molar-refractivity contribution in [1.29, 1.82) is 0 Å². The lowest BCUT2D eigenvalue weighted by molar-refractivity contribution is 0.597. The number of sulfonamides is 1. The van der Waals surface area contributed by atoms with Crippen LogP contribution in [-0.2, 0) is 10.0 Å². The van der Waals surface area contributed by atoms with E-state index in [-0.39, 0.29) is 4.90 Å². The fraction of sp³-hybridized carbons (Fsp3) is 0.333. The van der Waals surface area contributed by atoms with E-state index in [2.05, 4.69) is 0 Å². The zero-order valence-electron chi connectivity index (χ0n) is 6.29. The third-order valence-electron chi connectivity index (χ3n) is 1.55. The van der Waals surface area contributed by atoms with Gasteiger partial charge in [-0.05, 0) is 19.4 Å². The van der Waals surface area contributed by atoms with E-state index >= 15 is 0 Å². The first-order chi connectivity index (χ1) is 4.93. The molecule has 2 N–H and O–H groups in total. The average molecular weight is 191 g/mol. The van der Waals surface area contributed by atoms with Gasteiger partial charge in [0.25, 0.3) is 0 Å². The van der Waals surface area contributed by atoms with E-state index in [1.54, 1.807) is 12.3 Å². The molecule has 0 unspecified atom stereocenters. The van der Waals surface area contributed by atoms with Gasteiger partial charge in [0.05, 0.1) is 4.90 Å². The highest BCUT2D eigenvalue weighted by Gasteiger charge is 2.13. The highest BCUT2D eigenvalue weighted by molar-refractivity contribution is 7.89. The summed E-state index contributed by atoms with van der Waals surface area (Å²) in [5.41, 5.74) is 0.762. The molecule has 5 heteroatoms. The maximum Gasteiger partial charge on any atom is 0.239 e. The standard InChI is InChI=1S/C6H9NO2S2/c1-4-5(2)10-3-6(4)11(7,8)9/h3H,1-2H3,(H2,7,8,9). The number of rotatable bonds is 1. The van der Waals surface area contributed by atoms with Gasteiger partial charge in [-0.2, -0.15) is 0 Å². The van der Waals surface area contributed by atoms with Gasteiger partial charge in [-0.25, -0.2) is 13.6 Å². The van der Waals surface area contributed by atoms with Crippen LogP contribution in [0.15, 0.2) is 10.3 Å². The van der Waals surface area contributed by atoms with Gasteiger partial charge in [0.15, 0.2) is 0 Å². The summed E-state index contributed by atoms with van der Waals surface area (Å²) in [5, 5.41) is 6.52. The summed E-state index contributed by atoms with van der Waals surface area (Å²) in [7, 11) is -3.50. The fourth-order valence-corrected chi connectivity index (χ4v) is 2.85. The van der Waals surface area contributed by atoms with Crippen LogP contribution in [0, 0.1) is 13.8 Å². The summed E-state index contributed by atoms with van der Waals surface area (Å²) in [6, 6.07) is 0. The van der Waals surface area contributed by atoms with Gasteiger partial charge in [0.1, 0.15) is 0 Å². The first kappa shape index (κ1) is 8.70. The Morgan fingerprint density at radius 3 is 2.18 bits per heavy atom.